The van der Waals surface area contributed by atoms with Crippen LogP contribution in [0, 0.1) is 0 Å². The first-order valence-corrected chi connectivity index (χ1v) is 10.3. The van der Waals surface area contributed by atoms with E-state index in [2.05, 4.69) is 17.3 Å². The van der Waals surface area contributed by atoms with Gasteiger partial charge in [-0.1, -0.05) is 44.4 Å². The minimum atomic E-state index is -0.569. The maximum atomic E-state index is 13.0. The second kappa shape index (κ2) is 10.4. The van der Waals surface area contributed by atoms with E-state index in [1.54, 1.807) is 48.5 Å². The highest BCUT2D eigenvalue weighted by Gasteiger charge is 2.17. The zero-order valence-corrected chi connectivity index (χ0v) is 17.5. The predicted octanol–water partition coefficient (Wildman–Crippen LogP) is 3.09. The molecule has 0 aliphatic rings. The molecule has 8 heteroatoms. The van der Waals surface area contributed by atoms with Gasteiger partial charge in [-0.2, -0.15) is 5.10 Å². The number of nitrogens with two attached hydrogens (primary N) is 1. The van der Waals surface area contributed by atoms with E-state index < -0.39 is 11.8 Å². The van der Waals surface area contributed by atoms with Crippen molar-refractivity contribution in [2.24, 2.45) is 5.73 Å². The van der Waals surface area contributed by atoms with Crippen molar-refractivity contribution in [3.63, 3.8) is 0 Å². The Morgan fingerprint density at radius 1 is 1.03 bits per heavy atom. The first-order chi connectivity index (χ1) is 15.0. The number of aromatic nitrogens is 2. The van der Waals surface area contributed by atoms with E-state index in [0.29, 0.717) is 28.8 Å². The number of anilines is 1. The zero-order valence-electron chi connectivity index (χ0n) is 17.5. The van der Waals surface area contributed by atoms with Gasteiger partial charge in [-0.15, -0.1) is 0 Å². The average molecular weight is 422 g/mol. The van der Waals surface area contributed by atoms with E-state index in [0.717, 1.165) is 25.7 Å². The van der Waals surface area contributed by atoms with Crippen molar-refractivity contribution in [1.29, 1.82) is 0 Å². The molecule has 3 aromatic rings. The zero-order chi connectivity index (χ0) is 22.2. The summed E-state index contributed by atoms with van der Waals surface area (Å²) in [6.07, 6.45) is 4.02. The van der Waals surface area contributed by atoms with Crippen molar-refractivity contribution in [1.82, 2.24) is 9.78 Å². The number of hydrogen-bond acceptors (Lipinski definition) is 5. The fraction of sp³-hybridized carbons (Fsp3) is 0.304. The van der Waals surface area contributed by atoms with E-state index in [1.807, 2.05) is 0 Å². The molecule has 0 saturated carbocycles. The molecule has 0 aliphatic carbocycles. The van der Waals surface area contributed by atoms with Crippen LogP contribution < -0.4 is 21.3 Å². The Hall–Kier alpha value is -3.68. The SMILES string of the molecule is CCCCCCn1nc(C(=O)Nc2ccc(OCC(N)=O)cc2)c2ccccc2c1=O. The first kappa shape index (κ1) is 22.0. The molecule has 31 heavy (non-hydrogen) atoms. The molecule has 3 rings (SSSR count). The highest BCUT2D eigenvalue weighted by Crippen LogP contribution is 2.18. The van der Waals surface area contributed by atoms with Gasteiger partial charge in [0.1, 0.15) is 5.75 Å². The number of hydrogen-bond donors (Lipinski definition) is 2. The number of unbranched alkanes of at least 4 members (excludes halogenated alkanes) is 3. The van der Waals surface area contributed by atoms with Gasteiger partial charge in [0.05, 0.1) is 5.39 Å². The number of benzene rings is 2. The van der Waals surface area contributed by atoms with Crippen LogP contribution in [0.15, 0.2) is 53.3 Å². The standard InChI is InChI=1S/C23H26N4O4/c1-2-3-4-7-14-27-23(30)19-9-6-5-8-18(19)21(26-27)22(29)25-16-10-12-17(13-11-16)31-15-20(24)28/h5-6,8-13H,2-4,7,14-15H2,1H3,(H2,24,28)(H,25,29). The quantitative estimate of drug-likeness (QED) is 0.487. The number of carbonyl (C=O) groups excluding carboxylic acids is 2. The van der Waals surface area contributed by atoms with Crippen LogP contribution in [0.2, 0.25) is 0 Å². The maximum absolute atomic E-state index is 13.0. The molecule has 0 radical (unpaired) electrons. The number of fused-ring (bicyclic) bond motifs is 1. The molecule has 1 heterocycles. The molecular formula is C23H26N4O4. The fourth-order valence-electron chi connectivity index (χ4n) is 3.22. The monoisotopic (exact) mass is 422 g/mol. The number of nitrogens with one attached hydrogen (secondary N) is 1. The van der Waals surface area contributed by atoms with Gasteiger partial charge in [0, 0.05) is 17.6 Å². The highest BCUT2D eigenvalue weighted by molar-refractivity contribution is 6.11. The molecule has 3 N–H and O–H groups in total. The Bertz CT molecular complexity index is 1120. The number of primary amides is 1. The van der Waals surface area contributed by atoms with E-state index in [4.69, 9.17) is 10.5 Å². The van der Waals surface area contributed by atoms with Gasteiger partial charge in [0.25, 0.3) is 17.4 Å². The minimum absolute atomic E-state index is 0.194. The lowest BCUT2D eigenvalue weighted by Gasteiger charge is -2.12. The molecule has 0 aliphatic heterocycles. The molecule has 0 saturated heterocycles. The minimum Gasteiger partial charge on any atom is -0.484 e. The molecule has 0 spiro atoms. The van der Waals surface area contributed by atoms with Crippen LogP contribution in [0.25, 0.3) is 10.8 Å². The summed E-state index contributed by atoms with van der Waals surface area (Å²) >= 11 is 0. The second-order valence-corrected chi connectivity index (χ2v) is 7.22. The van der Waals surface area contributed by atoms with Crippen molar-refractivity contribution in [3.05, 3.63) is 64.6 Å². The number of ether oxygens (including phenoxy) is 1. The fourth-order valence-corrected chi connectivity index (χ4v) is 3.22. The van der Waals surface area contributed by atoms with Gasteiger partial charge in [0.2, 0.25) is 0 Å². The first-order valence-electron chi connectivity index (χ1n) is 10.3. The lowest BCUT2D eigenvalue weighted by atomic mass is 10.1. The van der Waals surface area contributed by atoms with Gasteiger partial charge in [-0.25, -0.2) is 4.68 Å². The normalized spacial score (nSPS) is 10.7. The number of rotatable bonds is 10. The largest absolute Gasteiger partial charge is 0.484 e. The summed E-state index contributed by atoms with van der Waals surface area (Å²) in [4.78, 5) is 36.6. The smallest absolute Gasteiger partial charge is 0.276 e. The molecule has 2 aromatic carbocycles. The van der Waals surface area contributed by atoms with Crippen molar-refractivity contribution in [2.75, 3.05) is 11.9 Å². The van der Waals surface area contributed by atoms with E-state index >= 15 is 0 Å². The number of aryl methyl sites for hydroxylation is 1. The lowest BCUT2D eigenvalue weighted by Crippen LogP contribution is -2.27. The molecule has 0 unspecified atom stereocenters. The molecule has 162 valence electrons. The van der Waals surface area contributed by atoms with Gasteiger partial charge in [-0.05, 0) is 36.8 Å². The average Bonchev–Trinajstić information content (AvgIpc) is 2.77. The molecule has 0 atom stereocenters. The molecule has 0 bridgehead atoms. The molecule has 0 fully saturated rings. The van der Waals surface area contributed by atoms with Crippen molar-refractivity contribution in [2.45, 2.75) is 39.2 Å². The van der Waals surface area contributed by atoms with Crippen molar-refractivity contribution in [3.8, 4) is 5.75 Å². The summed E-state index contributed by atoms with van der Waals surface area (Å²) < 4.78 is 6.60. The van der Waals surface area contributed by atoms with Crippen LogP contribution in [-0.2, 0) is 11.3 Å². The topological polar surface area (TPSA) is 116 Å². The molecular weight excluding hydrogens is 396 g/mol. The molecule has 1 aromatic heterocycles. The van der Waals surface area contributed by atoms with Crippen LogP contribution >= 0.6 is 0 Å². The van der Waals surface area contributed by atoms with Crippen LogP contribution in [0.3, 0.4) is 0 Å². The third-order valence-corrected chi connectivity index (χ3v) is 4.80. The van der Waals surface area contributed by atoms with E-state index in [-0.39, 0.29) is 17.9 Å². The summed E-state index contributed by atoms with van der Waals surface area (Å²) in [6, 6.07) is 13.5. The molecule has 8 nitrogen and oxygen atoms in total. The Morgan fingerprint density at radius 3 is 2.42 bits per heavy atom. The lowest BCUT2D eigenvalue weighted by molar-refractivity contribution is -0.119. The number of amides is 2. The third-order valence-electron chi connectivity index (χ3n) is 4.80. The van der Waals surface area contributed by atoms with Gasteiger partial charge >= 0.3 is 0 Å². The summed E-state index contributed by atoms with van der Waals surface area (Å²) in [7, 11) is 0. The van der Waals surface area contributed by atoms with E-state index in [9.17, 15) is 14.4 Å². The van der Waals surface area contributed by atoms with Crippen LogP contribution in [0.4, 0.5) is 5.69 Å². The Balaban J connectivity index is 1.83. The van der Waals surface area contributed by atoms with Crippen molar-refractivity contribution < 1.29 is 14.3 Å². The van der Waals surface area contributed by atoms with Crippen LogP contribution in [0.1, 0.15) is 43.1 Å². The maximum Gasteiger partial charge on any atom is 0.276 e. The van der Waals surface area contributed by atoms with Gasteiger partial charge < -0.3 is 15.8 Å². The number of carbonyl (C=O) groups is 2. The van der Waals surface area contributed by atoms with Crippen LogP contribution in [0.5, 0.6) is 5.75 Å². The third kappa shape index (κ3) is 5.69. The Labute approximate surface area is 180 Å². The van der Waals surface area contributed by atoms with Gasteiger partial charge in [-0.3, -0.25) is 14.4 Å². The summed E-state index contributed by atoms with van der Waals surface area (Å²) in [5.41, 5.74) is 5.59. The van der Waals surface area contributed by atoms with Gasteiger partial charge in [0.15, 0.2) is 12.3 Å². The predicted molar refractivity (Wildman–Crippen MR) is 119 cm³/mol. The van der Waals surface area contributed by atoms with Crippen molar-refractivity contribution >= 4 is 28.3 Å². The highest BCUT2D eigenvalue weighted by atomic mass is 16.5. The Morgan fingerprint density at radius 2 is 1.74 bits per heavy atom. The summed E-state index contributed by atoms with van der Waals surface area (Å²) in [6.45, 7) is 2.37. The summed E-state index contributed by atoms with van der Waals surface area (Å²) in [5, 5.41) is 8.15. The van der Waals surface area contributed by atoms with E-state index in [1.165, 1.54) is 4.68 Å². The molecule has 2 amide bonds. The second-order valence-electron chi connectivity index (χ2n) is 7.22. The van der Waals surface area contributed by atoms with Crippen LogP contribution in [-0.4, -0.2) is 28.2 Å². The summed E-state index contributed by atoms with van der Waals surface area (Å²) in [5.74, 6) is -0.523. The number of nitrogens with zero attached hydrogens (tertiary/aromatic N) is 2. The Kier molecular flexibility index (Phi) is 7.37.